The number of hydrogen-bond donors (Lipinski definition) is 1. The molecular weight excluding hydrogens is 251 g/mol. The van der Waals surface area contributed by atoms with Crippen LogP contribution >= 0.6 is 24.8 Å². The maximum Gasteiger partial charge on any atom is 0.339 e. The zero-order valence-electron chi connectivity index (χ0n) is 8.75. The second-order valence-corrected chi connectivity index (χ2v) is 2.64. The third-order valence-corrected chi connectivity index (χ3v) is 1.63. The van der Waals surface area contributed by atoms with Crippen molar-refractivity contribution in [1.82, 2.24) is 4.98 Å². The molecule has 2 N–H and O–H groups in total. The average molecular weight is 265 g/mol. The number of ether oxygens (including phenoxy) is 1. The standard InChI is InChI=1S/C10H12N2O2.2ClH/c1-14-10(13)9-5-8(3-2-4-11)6-12-7-9;;/h2-3,5-7H,4,11H2,1H3;2*1H/b3-2+;;. The van der Waals surface area contributed by atoms with Gasteiger partial charge in [0.2, 0.25) is 0 Å². The minimum atomic E-state index is -0.388. The van der Waals surface area contributed by atoms with Crippen LogP contribution in [0.3, 0.4) is 0 Å². The predicted octanol–water partition coefficient (Wildman–Crippen LogP) is 1.68. The molecule has 0 aliphatic carbocycles. The fourth-order valence-corrected chi connectivity index (χ4v) is 0.982. The predicted molar refractivity (Wildman–Crippen MR) is 68.2 cm³/mol. The zero-order valence-corrected chi connectivity index (χ0v) is 10.4. The highest BCUT2D eigenvalue weighted by molar-refractivity contribution is 5.89. The summed E-state index contributed by atoms with van der Waals surface area (Å²) in [6.07, 6.45) is 6.71. The maximum atomic E-state index is 11.1. The molecular formula is C10H14Cl2N2O2. The number of carbonyl (C=O) groups excluding carboxylic acids is 1. The average Bonchev–Trinajstić information content (AvgIpc) is 2.25. The van der Waals surface area contributed by atoms with Gasteiger partial charge in [0.05, 0.1) is 12.7 Å². The van der Waals surface area contributed by atoms with Crippen LogP contribution in [0.25, 0.3) is 6.08 Å². The van der Waals surface area contributed by atoms with Crippen molar-refractivity contribution in [2.24, 2.45) is 5.73 Å². The monoisotopic (exact) mass is 264 g/mol. The largest absolute Gasteiger partial charge is 0.465 e. The minimum absolute atomic E-state index is 0. The number of pyridine rings is 1. The van der Waals surface area contributed by atoms with Gasteiger partial charge in [-0.05, 0) is 11.6 Å². The van der Waals surface area contributed by atoms with E-state index in [2.05, 4.69) is 9.72 Å². The normalized spacial score (nSPS) is 9.12. The number of methoxy groups -OCH3 is 1. The van der Waals surface area contributed by atoms with Crippen LogP contribution in [-0.2, 0) is 4.74 Å². The van der Waals surface area contributed by atoms with Crippen LogP contribution in [0, 0.1) is 0 Å². The van der Waals surface area contributed by atoms with Crippen LogP contribution in [0.15, 0.2) is 24.5 Å². The van der Waals surface area contributed by atoms with Crippen molar-refractivity contribution < 1.29 is 9.53 Å². The van der Waals surface area contributed by atoms with Crippen molar-refractivity contribution >= 4 is 36.9 Å². The van der Waals surface area contributed by atoms with Gasteiger partial charge in [0.15, 0.2) is 0 Å². The summed E-state index contributed by atoms with van der Waals surface area (Å²) in [5.41, 5.74) is 6.57. The van der Waals surface area contributed by atoms with E-state index in [4.69, 9.17) is 5.73 Å². The van der Waals surface area contributed by atoms with Crippen LogP contribution in [0.5, 0.6) is 0 Å². The number of halogens is 2. The van der Waals surface area contributed by atoms with Crippen LogP contribution in [0.4, 0.5) is 0 Å². The van der Waals surface area contributed by atoms with Crippen LogP contribution < -0.4 is 5.73 Å². The summed E-state index contributed by atoms with van der Waals surface area (Å²) in [6, 6.07) is 1.70. The van der Waals surface area contributed by atoms with E-state index < -0.39 is 0 Å². The molecule has 0 bridgehead atoms. The minimum Gasteiger partial charge on any atom is -0.465 e. The van der Waals surface area contributed by atoms with Crippen molar-refractivity contribution in [3.8, 4) is 0 Å². The van der Waals surface area contributed by atoms with E-state index in [1.54, 1.807) is 24.4 Å². The molecule has 1 aromatic rings. The van der Waals surface area contributed by atoms with E-state index in [0.29, 0.717) is 12.1 Å². The van der Waals surface area contributed by atoms with Crippen LogP contribution in [0.1, 0.15) is 15.9 Å². The van der Waals surface area contributed by atoms with Crippen LogP contribution in [0.2, 0.25) is 0 Å². The van der Waals surface area contributed by atoms with Crippen molar-refractivity contribution in [1.29, 1.82) is 0 Å². The number of nitrogens with two attached hydrogens (primary N) is 1. The Hall–Kier alpha value is -1.10. The lowest BCUT2D eigenvalue weighted by atomic mass is 10.2. The fraction of sp³-hybridized carbons (Fsp3) is 0.200. The Kier molecular flexibility index (Phi) is 9.89. The third-order valence-electron chi connectivity index (χ3n) is 1.63. The van der Waals surface area contributed by atoms with E-state index in [-0.39, 0.29) is 30.8 Å². The van der Waals surface area contributed by atoms with Gasteiger partial charge in [-0.2, -0.15) is 0 Å². The molecule has 0 radical (unpaired) electrons. The molecule has 0 saturated carbocycles. The van der Waals surface area contributed by atoms with Gasteiger partial charge < -0.3 is 10.5 Å². The smallest absolute Gasteiger partial charge is 0.339 e. The molecule has 90 valence electrons. The highest BCUT2D eigenvalue weighted by Gasteiger charge is 2.04. The van der Waals surface area contributed by atoms with E-state index >= 15 is 0 Å². The summed E-state index contributed by atoms with van der Waals surface area (Å²) in [6.45, 7) is 0.461. The summed E-state index contributed by atoms with van der Waals surface area (Å²) in [5, 5.41) is 0. The molecule has 0 atom stereocenters. The molecule has 0 aromatic carbocycles. The molecule has 0 fully saturated rings. The first-order valence-electron chi connectivity index (χ1n) is 4.18. The molecule has 1 rings (SSSR count). The quantitative estimate of drug-likeness (QED) is 0.844. The van der Waals surface area contributed by atoms with Gasteiger partial charge in [-0.1, -0.05) is 12.2 Å². The van der Waals surface area contributed by atoms with Crippen molar-refractivity contribution in [2.75, 3.05) is 13.7 Å². The zero-order chi connectivity index (χ0) is 10.4. The number of rotatable bonds is 3. The Bertz CT molecular complexity index is 356. The molecule has 0 unspecified atom stereocenters. The number of carbonyl (C=O) groups is 1. The molecule has 6 heteroatoms. The lowest BCUT2D eigenvalue weighted by Crippen LogP contribution is -2.01. The molecule has 16 heavy (non-hydrogen) atoms. The molecule has 0 amide bonds. The first-order valence-corrected chi connectivity index (χ1v) is 4.18. The fourth-order valence-electron chi connectivity index (χ4n) is 0.982. The molecule has 0 saturated heterocycles. The van der Waals surface area contributed by atoms with Gasteiger partial charge in [-0.3, -0.25) is 4.98 Å². The Morgan fingerprint density at radius 2 is 2.19 bits per heavy atom. The first kappa shape index (κ1) is 17.3. The number of nitrogens with zero attached hydrogens (tertiary/aromatic N) is 1. The molecule has 4 nitrogen and oxygen atoms in total. The SMILES string of the molecule is COC(=O)c1cncc(/C=C/CN)c1.Cl.Cl. The number of hydrogen-bond acceptors (Lipinski definition) is 4. The van der Waals surface area contributed by atoms with Gasteiger partial charge >= 0.3 is 5.97 Å². The second kappa shape index (κ2) is 9.15. The molecule has 0 aliphatic rings. The highest BCUT2D eigenvalue weighted by atomic mass is 35.5. The lowest BCUT2D eigenvalue weighted by Gasteiger charge is -1.99. The molecule has 0 spiro atoms. The van der Waals surface area contributed by atoms with Crippen LogP contribution in [-0.4, -0.2) is 24.6 Å². The van der Waals surface area contributed by atoms with Crippen molar-refractivity contribution in [3.05, 3.63) is 35.7 Å². The van der Waals surface area contributed by atoms with E-state index in [0.717, 1.165) is 5.56 Å². The third kappa shape index (κ3) is 5.11. The van der Waals surface area contributed by atoms with Gasteiger partial charge in [-0.25, -0.2) is 4.79 Å². The summed E-state index contributed by atoms with van der Waals surface area (Å²) in [4.78, 5) is 15.0. The highest BCUT2D eigenvalue weighted by Crippen LogP contribution is 2.05. The van der Waals surface area contributed by atoms with Crippen molar-refractivity contribution in [3.63, 3.8) is 0 Å². The Morgan fingerprint density at radius 3 is 2.75 bits per heavy atom. The molecule has 0 aliphatic heterocycles. The maximum absolute atomic E-state index is 11.1. The Balaban J connectivity index is 0. The topological polar surface area (TPSA) is 65.2 Å². The summed E-state index contributed by atoms with van der Waals surface area (Å²) in [5.74, 6) is -0.388. The Morgan fingerprint density at radius 1 is 1.50 bits per heavy atom. The molecule has 1 aromatic heterocycles. The second-order valence-electron chi connectivity index (χ2n) is 2.64. The number of aromatic nitrogens is 1. The summed E-state index contributed by atoms with van der Waals surface area (Å²) >= 11 is 0. The van der Waals surface area contributed by atoms with Crippen molar-refractivity contribution in [2.45, 2.75) is 0 Å². The first-order chi connectivity index (χ1) is 6.77. The lowest BCUT2D eigenvalue weighted by molar-refractivity contribution is 0.0600. The van der Waals surface area contributed by atoms with Gasteiger partial charge in [0.25, 0.3) is 0 Å². The molecule has 1 heterocycles. The van der Waals surface area contributed by atoms with E-state index in [9.17, 15) is 4.79 Å². The van der Waals surface area contributed by atoms with E-state index in [1.807, 2.05) is 0 Å². The Labute approximate surface area is 107 Å². The van der Waals surface area contributed by atoms with Gasteiger partial charge in [0.1, 0.15) is 0 Å². The summed E-state index contributed by atoms with van der Waals surface area (Å²) < 4.78 is 4.57. The van der Waals surface area contributed by atoms with Gasteiger partial charge in [-0.15, -0.1) is 24.8 Å². The van der Waals surface area contributed by atoms with E-state index in [1.165, 1.54) is 13.3 Å². The number of esters is 1. The van der Waals surface area contributed by atoms with Gasteiger partial charge in [0, 0.05) is 18.9 Å². The summed E-state index contributed by atoms with van der Waals surface area (Å²) in [7, 11) is 1.34.